The fraction of sp³-hybridized carbons (Fsp3) is 0.133. The van der Waals surface area contributed by atoms with Crippen molar-refractivity contribution in [3.05, 3.63) is 52.8 Å². The zero-order valence-electron chi connectivity index (χ0n) is 11.1. The number of hydrogen-bond donors (Lipinski definition) is 2. The summed E-state index contributed by atoms with van der Waals surface area (Å²) in [5, 5.41) is 9.19. The van der Waals surface area contributed by atoms with E-state index in [-0.39, 0.29) is 11.3 Å². The van der Waals surface area contributed by atoms with E-state index in [0.717, 1.165) is 16.0 Å². The van der Waals surface area contributed by atoms with Crippen LogP contribution in [-0.4, -0.2) is 11.1 Å². The highest BCUT2D eigenvalue weighted by molar-refractivity contribution is 7.99. The molecule has 2 aromatic carbocycles. The molecule has 5 heteroatoms. The predicted molar refractivity (Wildman–Crippen MR) is 77.8 cm³/mol. The Bertz CT molecular complexity index is 686. The van der Waals surface area contributed by atoms with Crippen molar-refractivity contribution in [2.75, 3.05) is 5.73 Å². The van der Waals surface area contributed by atoms with Gasteiger partial charge < -0.3 is 10.8 Å². The second-order valence-electron chi connectivity index (χ2n) is 4.49. The van der Waals surface area contributed by atoms with Crippen molar-refractivity contribution in [1.29, 1.82) is 0 Å². The molecule has 0 saturated heterocycles. The summed E-state index contributed by atoms with van der Waals surface area (Å²) < 4.78 is 13.4. The van der Waals surface area contributed by atoms with Crippen molar-refractivity contribution >= 4 is 23.4 Å². The molecule has 104 valence electrons. The third-order valence-electron chi connectivity index (χ3n) is 3.07. The number of benzene rings is 2. The second-order valence-corrected chi connectivity index (χ2v) is 5.60. The lowest BCUT2D eigenvalue weighted by molar-refractivity contribution is 0.0694. The van der Waals surface area contributed by atoms with Gasteiger partial charge in [-0.2, -0.15) is 0 Å². The predicted octanol–water partition coefficient (Wildman–Crippen LogP) is 3.87. The number of halogens is 1. The van der Waals surface area contributed by atoms with Crippen LogP contribution in [0.3, 0.4) is 0 Å². The van der Waals surface area contributed by atoms with Gasteiger partial charge >= 0.3 is 5.97 Å². The van der Waals surface area contributed by atoms with Crippen molar-refractivity contribution in [2.45, 2.75) is 23.6 Å². The minimum absolute atomic E-state index is 0.187. The van der Waals surface area contributed by atoms with Crippen molar-refractivity contribution in [3.63, 3.8) is 0 Å². The quantitative estimate of drug-likeness (QED) is 0.842. The Balaban J connectivity index is 2.45. The van der Waals surface area contributed by atoms with Crippen LogP contribution in [0.15, 0.2) is 40.1 Å². The smallest absolute Gasteiger partial charge is 0.339 e. The summed E-state index contributed by atoms with van der Waals surface area (Å²) in [5.41, 5.74) is 7.28. The van der Waals surface area contributed by atoms with Crippen LogP contribution in [0.2, 0.25) is 0 Å². The largest absolute Gasteiger partial charge is 0.478 e. The number of carboxylic acid groups (broad SMARTS) is 1. The molecule has 0 unspecified atom stereocenters. The molecule has 2 rings (SSSR count). The van der Waals surface area contributed by atoms with Gasteiger partial charge in [0.15, 0.2) is 0 Å². The van der Waals surface area contributed by atoms with E-state index in [0.29, 0.717) is 4.90 Å². The molecule has 0 aliphatic carbocycles. The van der Waals surface area contributed by atoms with E-state index in [4.69, 9.17) is 5.73 Å². The Hall–Kier alpha value is -2.01. The third kappa shape index (κ3) is 2.77. The van der Waals surface area contributed by atoms with Gasteiger partial charge in [-0.15, -0.1) is 0 Å². The second kappa shape index (κ2) is 5.54. The Morgan fingerprint density at radius 2 is 1.90 bits per heavy atom. The number of aromatic carboxylic acids is 1. The molecular weight excluding hydrogens is 277 g/mol. The topological polar surface area (TPSA) is 63.3 Å². The Morgan fingerprint density at radius 1 is 1.20 bits per heavy atom. The molecular formula is C15H14FNO2S. The maximum Gasteiger partial charge on any atom is 0.339 e. The van der Waals surface area contributed by atoms with Gasteiger partial charge in [0, 0.05) is 9.79 Å². The number of carbonyl (C=O) groups is 1. The minimum Gasteiger partial charge on any atom is -0.478 e. The van der Waals surface area contributed by atoms with Crippen LogP contribution in [0.5, 0.6) is 0 Å². The van der Waals surface area contributed by atoms with Crippen LogP contribution in [0.4, 0.5) is 10.1 Å². The summed E-state index contributed by atoms with van der Waals surface area (Å²) in [6, 6.07) is 8.45. The van der Waals surface area contributed by atoms with Crippen molar-refractivity contribution in [2.24, 2.45) is 0 Å². The first-order chi connectivity index (χ1) is 9.40. The fourth-order valence-corrected chi connectivity index (χ4v) is 2.85. The number of aryl methyl sites for hydroxylation is 2. The zero-order chi connectivity index (χ0) is 14.9. The number of rotatable bonds is 3. The first kappa shape index (κ1) is 14.4. The monoisotopic (exact) mass is 291 g/mol. The number of nitrogens with two attached hydrogens (primary N) is 1. The van der Waals surface area contributed by atoms with E-state index in [9.17, 15) is 14.3 Å². The Kier molecular flexibility index (Phi) is 3.99. The lowest BCUT2D eigenvalue weighted by Crippen LogP contribution is -2.06. The summed E-state index contributed by atoms with van der Waals surface area (Å²) >= 11 is 1.26. The molecule has 0 aromatic heterocycles. The molecule has 3 nitrogen and oxygen atoms in total. The maximum absolute atomic E-state index is 13.4. The van der Waals surface area contributed by atoms with Gasteiger partial charge in [-0.3, -0.25) is 0 Å². The summed E-state index contributed by atoms with van der Waals surface area (Å²) in [6.07, 6.45) is 0. The van der Waals surface area contributed by atoms with Crippen molar-refractivity contribution in [3.8, 4) is 0 Å². The van der Waals surface area contributed by atoms with Crippen molar-refractivity contribution in [1.82, 2.24) is 0 Å². The highest BCUT2D eigenvalue weighted by Crippen LogP contribution is 2.34. The van der Waals surface area contributed by atoms with Crippen LogP contribution >= 0.6 is 11.8 Å². The van der Waals surface area contributed by atoms with E-state index in [1.807, 2.05) is 32.0 Å². The molecule has 0 fully saturated rings. The lowest BCUT2D eigenvalue weighted by atomic mass is 10.1. The van der Waals surface area contributed by atoms with E-state index in [2.05, 4.69) is 0 Å². The average molecular weight is 291 g/mol. The van der Waals surface area contributed by atoms with Gasteiger partial charge in [0.05, 0.1) is 11.3 Å². The first-order valence-electron chi connectivity index (χ1n) is 5.96. The molecule has 0 aliphatic rings. The first-order valence-corrected chi connectivity index (χ1v) is 6.78. The maximum atomic E-state index is 13.4. The molecule has 3 N–H and O–H groups in total. The minimum atomic E-state index is -1.23. The molecule has 0 atom stereocenters. The normalized spacial score (nSPS) is 10.6. The summed E-state index contributed by atoms with van der Waals surface area (Å²) in [6.45, 7) is 3.98. The molecule has 0 bridgehead atoms. The van der Waals surface area contributed by atoms with E-state index < -0.39 is 11.8 Å². The van der Waals surface area contributed by atoms with Gasteiger partial charge in [-0.05, 0) is 49.2 Å². The van der Waals surface area contributed by atoms with E-state index in [1.165, 1.54) is 23.9 Å². The van der Waals surface area contributed by atoms with Gasteiger partial charge in [-0.1, -0.05) is 17.8 Å². The van der Waals surface area contributed by atoms with E-state index in [1.54, 1.807) is 0 Å². The highest BCUT2D eigenvalue weighted by Gasteiger charge is 2.18. The van der Waals surface area contributed by atoms with Crippen LogP contribution in [0, 0.1) is 19.7 Å². The standard InChI is InChI=1S/C15H14FNO2S/c1-8-3-4-10(7-9(8)2)20-12-6-5-11(16)14(17)13(12)15(18)19/h3-7H,17H2,1-2H3,(H,18,19). The molecule has 0 spiro atoms. The molecule has 0 amide bonds. The van der Waals surface area contributed by atoms with Gasteiger partial charge in [0.25, 0.3) is 0 Å². The lowest BCUT2D eigenvalue weighted by Gasteiger charge is -2.10. The molecule has 0 saturated carbocycles. The zero-order valence-corrected chi connectivity index (χ0v) is 11.9. The summed E-state index contributed by atoms with van der Waals surface area (Å²) in [5.74, 6) is -1.94. The molecule has 2 aromatic rings. The number of anilines is 1. The SMILES string of the molecule is Cc1ccc(Sc2ccc(F)c(N)c2C(=O)O)cc1C. The van der Waals surface area contributed by atoms with Crippen molar-refractivity contribution < 1.29 is 14.3 Å². The molecule has 0 aliphatic heterocycles. The third-order valence-corrected chi connectivity index (χ3v) is 4.12. The average Bonchev–Trinajstić information content (AvgIpc) is 2.38. The van der Waals surface area contributed by atoms with Crippen LogP contribution in [0.1, 0.15) is 21.5 Å². The Labute approximate surface area is 120 Å². The van der Waals surface area contributed by atoms with Gasteiger partial charge in [0.2, 0.25) is 0 Å². The molecule has 0 heterocycles. The number of hydrogen-bond acceptors (Lipinski definition) is 3. The Morgan fingerprint density at radius 3 is 2.50 bits per heavy atom. The fourth-order valence-electron chi connectivity index (χ4n) is 1.78. The van der Waals surface area contributed by atoms with Gasteiger partial charge in [-0.25, -0.2) is 9.18 Å². The molecule has 0 radical (unpaired) electrons. The highest BCUT2D eigenvalue weighted by atomic mass is 32.2. The number of nitrogen functional groups attached to an aromatic ring is 1. The van der Waals surface area contributed by atoms with E-state index >= 15 is 0 Å². The van der Waals surface area contributed by atoms with Crippen LogP contribution in [-0.2, 0) is 0 Å². The van der Waals surface area contributed by atoms with Gasteiger partial charge in [0.1, 0.15) is 5.82 Å². The molecule has 20 heavy (non-hydrogen) atoms. The van der Waals surface area contributed by atoms with Crippen LogP contribution in [0.25, 0.3) is 0 Å². The summed E-state index contributed by atoms with van der Waals surface area (Å²) in [4.78, 5) is 12.6. The summed E-state index contributed by atoms with van der Waals surface area (Å²) in [7, 11) is 0. The van der Waals surface area contributed by atoms with Crippen LogP contribution < -0.4 is 5.73 Å². The number of carboxylic acids is 1.